The van der Waals surface area contributed by atoms with Crippen molar-refractivity contribution in [3.8, 4) is 5.69 Å². The summed E-state index contributed by atoms with van der Waals surface area (Å²) in [7, 11) is 0. The molecule has 0 saturated heterocycles. The molecule has 0 fully saturated rings. The van der Waals surface area contributed by atoms with Gasteiger partial charge in [0.25, 0.3) is 0 Å². The van der Waals surface area contributed by atoms with Gasteiger partial charge in [0.2, 0.25) is 5.91 Å². The van der Waals surface area contributed by atoms with Gasteiger partial charge in [0.1, 0.15) is 11.6 Å². The van der Waals surface area contributed by atoms with Crippen molar-refractivity contribution in [3.05, 3.63) is 63.1 Å². The lowest BCUT2D eigenvalue weighted by Crippen LogP contribution is -2.23. The summed E-state index contributed by atoms with van der Waals surface area (Å²) in [6, 6.07) is 9.92. The van der Waals surface area contributed by atoms with E-state index in [0.717, 1.165) is 23.9 Å². The molecule has 1 amide bonds. The van der Waals surface area contributed by atoms with Crippen LogP contribution in [0.3, 0.4) is 0 Å². The minimum Gasteiger partial charge on any atom is -0.323 e. The van der Waals surface area contributed by atoms with E-state index in [2.05, 4.69) is 10.4 Å². The maximum atomic E-state index is 13.7. The third-order valence-corrected chi connectivity index (χ3v) is 6.10. The van der Waals surface area contributed by atoms with Crippen LogP contribution < -0.4 is 5.32 Å². The van der Waals surface area contributed by atoms with E-state index in [0.29, 0.717) is 13.3 Å². The van der Waals surface area contributed by atoms with Crippen LogP contribution in [0.15, 0.2) is 46.8 Å². The van der Waals surface area contributed by atoms with Crippen LogP contribution in [0, 0.1) is 15.6 Å². The number of aromatic nitrogens is 2. The fourth-order valence-electron chi connectivity index (χ4n) is 2.09. The van der Waals surface area contributed by atoms with Crippen molar-refractivity contribution in [1.29, 1.82) is 0 Å². The number of anilines is 1. The van der Waals surface area contributed by atoms with Gasteiger partial charge in [0.05, 0.1) is 16.6 Å². The number of carbonyl (C=O) groups is 1. The fraction of sp³-hybridized carbons (Fsp3) is 0.118. The van der Waals surface area contributed by atoms with Gasteiger partial charge < -0.3 is 5.32 Å². The first kappa shape index (κ1) is 19.9. The topological polar surface area (TPSA) is 46.9 Å². The maximum absolute atomic E-state index is 13.7. The summed E-state index contributed by atoms with van der Waals surface area (Å²) in [4.78, 5) is 12.3. The van der Waals surface area contributed by atoms with Crippen molar-refractivity contribution in [2.24, 2.45) is 0 Å². The van der Waals surface area contributed by atoms with Crippen LogP contribution >= 0.6 is 46.9 Å². The average Bonchev–Trinajstić information content (AvgIpc) is 2.99. The number of rotatable bonds is 5. The monoisotopic (exact) mass is 443 g/mol. The Morgan fingerprint density at radius 2 is 2.00 bits per heavy atom. The van der Waals surface area contributed by atoms with Gasteiger partial charge in [-0.15, -0.1) is 5.10 Å². The molecule has 1 N–H and O–H groups in total. The van der Waals surface area contributed by atoms with Crippen LogP contribution in [-0.4, -0.2) is 20.9 Å². The van der Waals surface area contributed by atoms with Gasteiger partial charge in [-0.1, -0.05) is 34.7 Å². The van der Waals surface area contributed by atoms with Crippen LogP contribution in [0.5, 0.6) is 0 Å². The highest BCUT2D eigenvalue weighted by atomic mass is 35.5. The standard InChI is InChI=1S/C17H12ClF2N3OS3/c1-9(15(24)21-14-8-11(19)4-7-13(14)20)26-16-22-23(17(25)27-16)12-5-2-10(18)3-6-12/h2-9H,1H3,(H,21,24). The van der Waals surface area contributed by atoms with E-state index in [-0.39, 0.29) is 5.69 Å². The summed E-state index contributed by atoms with van der Waals surface area (Å²) >= 11 is 13.6. The third-order valence-electron chi connectivity index (χ3n) is 3.43. The van der Waals surface area contributed by atoms with Gasteiger partial charge in [-0.25, -0.2) is 13.5 Å². The Hall–Kier alpha value is -1.81. The molecule has 1 unspecified atom stereocenters. The van der Waals surface area contributed by atoms with Gasteiger partial charge in [-0.2, -0.15) is 0 Å². The van der Waals surface area contributed by atoms with Crippen molar-refractivity contribution < 1.29 is 13.6 Å². The van der Waals surface area contributed by atoms with Crippen molar-refractivity contribution in [2.75, 3.05) is 5.32 Å². The minimum absolute atomic E-state index is 0.202. The summed E-state index contributed by atoms with van der Waals surface area (Å²) < 4.78 is 29.6. The summed E-state index contributed by atoms with van der Waals surface area (Å²) in [5, 5.41) is 6.80. The number of amides is 1. The molecular formula is C17H12ClF2N3OS3. The molecule has 27 heavy (non-hydrogen) atoms. The van der Waals surface area contributed by atoms with Crippen molar-refractivity contribution in [2.45, 2.75) is 16.5 Å². The first-order chi connectivity index (χ1) is 12.8. The predicted molar refractivity (Wildman–Crippen MR) is 108 cm³/mol. The number of halogens is 3. The van der Waals surface area contributed by atoms with Crippen molar-refractivity contribution in [1.82, 2.24) is 9.78 Å². The molecule has 1 aromatic heterocycles. The minimum atomic E-state index is -0.704. The zero-order chi connectivity index (χ0) is 19.6. The Bertz CT molecular complexity index is 1040. The number of benzene rings is 2. The molecule has 10 heteroatoms. The van der Waals surface area contributed by atoms with E-state index < -0.39 is 22.8 Å². The van der Waals surface area contributed by atoms with Crippen LogP contribution in [0.1, 0.15) is 6.92 Å². The number of hydrogen-bond acceptors (Lipinski definition) is 5. The van der Waals surface area contributed by atoms with Crippen molar-refractivity contribution in [3.63, 3.8) is 0 Å². The Kier molecular flexibility index (Phi) is 6.25. The van der Waals surface area contributed by atoms with Crippen LogP contribution in [0.2, 0.25) is 5.02 Å². The Balaban J connectivity index is 1.72. The molecule has 0 aliphatic heterocycles. The molecule has 1 heterocycles. The molecule has 140 valence electrons. The van der Waals surface area contributed by atoms with Gasteiger partial charge in [0.15, 0.2) is 8.29 Å². The third kappa shape index (κ3) is 4.92. The van der Waals surface area contributed by atoms with E-state index in [1.807, 2.05) is 0 Å². The van der Waals surface area contributed by atoms with Gasteiger partial charge in [-0.05, 0) is 55.5 Å². The first-order valence-corrected chi connectivity index (χ1v) is 10.1. The lowest BCUT2D eigenvalue weighted by atomic mass is 10.3. The molecule has 2 aromatic carbocycles. The van der Waals surface area contributed by atoms with E-state index in [4.69, 9.17) is 23.8 Å². The quantitative estimate of drug-likeness (QED) is 0.405. The lowest BCUT2D eigenvalue weighted by molar-refractivity contribution is -0.115. The van der Waals surface area contributed by atoms with Gasteiger partial charge >= 0.3 is 0 Å². The molecule has 0 spiro atoms. The highest BCUT2D eigenvalue weighted by Crippen LogP contribution is 2.29. The summed E-state index contributed by atoms with van der Waals surface area (Å²) in [6.07, 6.45) is 0. The number of nitrogens with zero attached hydrogens (tertiary/aromatic N) is 2. The molecule has 0 aliphatic carbocycles. The van der Waals surface area contributed by atoms with Gasteiger partial charge in [-0.3, -0.25) is 4.79 Å². The second kappa shape index (κ2) is 8.47. The number of nitrogens with one attached hydrogen (secondary N) is 1. The van der Waals surface area contributed by atoms with E-state index >= 15 is 0 Å². The zero-order valence-electron chi connectivity index (χ0n) is 13.8. The van der Waals surface area contributed by atoms with Crippen molar-refractivity contribution >= 4 is 58.5 Å². The Morgan fingerprint density at radius 1 is 1.30 bits per heavy atom. The van der Waals surface area contributed by atoms with Crippen LogP contribution in [-0.2, 0) is 4.79 Å². The van der Waals surface area contributed by atoms with E-state index in [1.165, 1.54) is 23.1 Å². The zero-order valence-corrected chi connectivity index (χ0v) is 17.0. The molecule has 0 radical (unpaired) electrons. The number of carbonyl (C=O) groups excluding carboxylic acids is 1. The average molecular weight is 444 g/mol. The molecule has 0 aliphatic rings. The second-order valence-corrected chi connectivity index (χ2v) is 9.04. The highest BCUT2D eigenvalue weighted by molar-refractivity contribution is 8.02. The maximum Gasteiger partial charge on any atom is 0.237 e. The number of hydrogen-bond donors (Lipinski definition) is 1. The molecule has 1 atom stereocenters. The Labute approximate surface area is 172 Å². The smallest absolute Gasteiger partial charge is 0.237 e. The molecule has 4 nitrogen and oxygen atoms in total. The highest BCUT2D eigenvalue weighted by Gasteiger charge is 2.19. The van der Waals surface area contributed by atoms with Gasteiger partial charge in [0, 0.05) is 11.1 Å². The SMILES string of the molecule is CC(Sc1nn(-c2ccc(Cl)cc2)c(=S)s1)C(=O)Nc1cc(F)ccc1F. The molecule has 0 bridgehead atoms. The second-order valence-electron chi connectivity index (χ2n) is 5.40. The van der Waals surface area contributed by atoms with Crippen LogP contribution in [0.25, 0.3) is 5.69 Å². The Morgan fingerprint density at radius 3 is 2.70 bits per heavy atom. The first-order valence-electron chi connectivity index (χ1n) is 7.62. The van der Waals surface area contributed by atoms with Crippen LogP contribution in [0.4, 0.5) is 14.5 Å². The van der Waals surface area contributed by atoms with E-state index in [1.54, 1.807) is 35.9 Å². The molecule has 0 saturated carbocycles. The fourth-order valence-corrected chi connectivity index (χ4v) is 4.72. The molecule has 3 aromatic rings. The lowest BCUT2D eigenvalue weighted by Gasteiger charge is -2.11. The number of thioether (sulfide) groups is 1. The van der Waals surface area contributed by atoms with E-state index in [9.17, 15) is 13.6 Å². The summed E-state index contributed by atoms with van der Waals surface area (Å²) in [5.41, 5.74) is 0.554. The normalized spacial score (nSPS) is 12.0. The molecule has 3 rings (SSSR count). The summed E-state index contributed by atoms with van der Waals surface area (Å²) in [6.45, 7) is 1.65. The predicted octanol–water partition coefficient (Wildman–Crippen LogP) is 5.71. The molecular weight excluding hydrogens is 432 g/mol. The summed E-state index contributed by atoms with van der Waals surface area (Å²) in [5.74, 6) is -1.81. The largest absolute Gasteiger partial charge is 0.323 e.